The molecule has 0 saturated carbocycles. The maximum Gasteiger partial charge on any atom is 0.312 e. The van der Waals surface area contributed by atoms with Gasteiger partial charge in [0.1, 0.15) is 5.75 Å². The Balaban J connectivity index is 2.04. The lowest BCUT2D eigenvalue weighted by Gasteiger charge is -2.33. The number of piperazine rings is 1. The fourth-order valence-corrected chi connectivity index (χ4v) is 1.86. The zero-order chi connectivity index (χ0) is 11.4. The number of anilines is 1. The van der Waals surface area contributed by atoms with Gasteiger partial charge in [0.2, 0.25) is 0 Å². The predicted octanol–water partition coefficient (Wildman–Crippen LogP) is 0.884. The number of ether oxygens (including phenoxy) is 1. The van der Waals surface area contributed by atoms with Crippen LogP contribution in [0.4, 0.5) is 5.69 Å². The molecule has 0 atom stereocenters. The van der Waals surface area contributed by atoms with Gasteiger partial charge < -0.3 is 14.5 Å². The summed E-state index contributed by atoms with van der Waals surface area (Å²) in [6, 6.07) is 7.98. The number of rotatable bonds is 3. The maximum absolute atomic E-state index is 10.5. The van der Waals surface area contributed by atoms with Gasteiger partial charge in [0.25, 0.3) is 0 Å². The molecule has 0 spiro atoms. The second-order valence-corrected chi connectivity index (χ2v) is 3.77. The molecule has 1 aromatic carbocycles. The number of hydrogen-bond donors (Lipinski definition) is 0. The van der Waals surface area contributed by atoms with Gasteiger partial charge in [-0.3, -0.25) is 4.79 Å². The Morgan fingerprint density at radius 3 is 2.62 bits per heavy atom. The first-order chi connectivity index (χ1) is 7.83. The van der Waals surface area contributed by atoms with Crippen LogP contribution in [0.5, 0.6) is 5.75 Å². The number of carbonyl (C=O) groups excluding carboxylic acids is 1. The maximum atomic E-state index is 10.5. The van der Waals surface area contributed by atoms with Crippen LogP contribution in [0.3, 0.4) is 0 Å². The van der Waals surface area contributed by atoms with Crippen LogP contribution in [0, 0.1) is 0 Å². The monoisotopic (exact) mass is 219 g/mol. The first-order valence-corrected chi connectivity index (χ1v) is 5.35. The summed E-state index contributed by atoms with van der Waals surface area (Å²) in [5.74, 6) is 0.863. The summed E-state index contributed by atoms with van der Waals surface area (Å²) in [6.07, 6.45) is 1.93. The van der Waals surface area contributed by atoms with Gasteiger partial charge in [-0.2, -0.15) is 0 Å². The van der Waals surface area contributed by atoms with Crippen molar-refractivity contribution in [2.45, 2.75) is 0 Å². The molecule has 1 saturated heterocycles. The third-order valence-corrected chi connectivity index (χ3v) is 2.83. The molecule has 1 aromatic rings. The van der Waals surface area contributed by atoms with E-state index in [1.807, 2.05) is 24.6 Å². The van der Waals surface area contributed by atoms with E-state index in [1.165, 1.54) is 0 Å². The minimum absolute atomic E-state index is 0.737. The summed E-state index contributed by atoms with van der Waals surface area (Å²) in [7, 11) is 1.67. The molecule has 1 aliphatic heterocycles. The van der Waals surface area contributed by atoms with E-state index in [-0.39, 0.29) is 0 Å². The fraction of sp³-hybridized carbons (Fsp3) is 0.417. The highest BCUT2D eigenvalue weighted by Gasteiger charge is 2.16. The van der Waals surface area contributed by atoms with Crippen LogP contribution in [-0.2, 0) is 4.79 Å². The summed E-state index contributed by atoms with van der Waals surface area (Å²) in [4.78, 5) is 14.4. The van der Waals surface area contributed by atoms with Gasteiger partial charge in [0.15, 0.2) is 0 Å². The smallest absolute Gasteiger partial charge is 0.312 e. The SMILES string of the molecule is COc1cccc(N2CCN([C]=O)CC2)c1. The van der Waals surface area contributed by atoms with Crippen LogP contribution >= 0.6 is 0 Å². The summed E-state index contributed by atoms with van der Waals surface area (Å²) >= 11 is 0. The van der Waals surface area contributed by atoms with Gasteiger partial charge >= 0.3 is 6.41 Å². The van der Waals surface area contributed by atoms with Gasteiger partial charge in [-0.15, -0.1) is 0 Å². The van der Waals surface area contributed by atoms with E-state index >= 15 is 0 Å². The minimum Gasteiger partial charge on any atom is -0.497 e. The molecular formula is C12H15N2O2. The first-order valence-electron chi connectivity index (χ1n) is 5.35. The van der Waals surface area contributed by atoms with Crippen LogP contribution < -0.4 is 9.64 Å². The standard InChI is InChI=1S/C12H15N2O2/c1-16-12-4-2-3-11(9-12)14-7-5-13(10-15)6-8-14/h2-4,9H,5-8H2,1H3. The van der Waals surface area contributed by atoms with Crippen molar-refractivity contribution in [2.75, 3.05) is 38.2 Å². The number of nitrogens with zero attached hydrogens (tertiary/aromatic N) is 2. The van der Waals surface area contributed by atoms with Gasteiger partial charge in [-0.05, 0) is 12.1 Å². The van der Waals surface area contributed by atoms with Gasteiger partial charge in [-0.1, -0.05) is 6.07 Å². The van der Waals surface area contributed by atoms with E-state index in [0.29, 0.717) is 0 Å². The Kier molecular flexibility index (Phi) is 3.29. The van der Waals surface area contributed by atoms with Crippen LogP contribution in [0.15, 0.2) is 24.3 Å². The van der Waals surface area contributed by atoms with E-state index in [2.05, 4.69) is 11.0 Å². The Morgan fingerprint density at radius 1 is 1.25 bits per heavy atom. The van der Waals surface area contributed by atoms with E-state index in [1.54, 1.807) is 12.0 Å². The number of amides is 1. The number of hydrogen-bond acceptors (Lipinski definition) is 3. The second-order valence-electron chi connectivity index (χ2n) is 3.77. The van der Waals surface area contributed by atoms with Crippen molar-refractivity contribution in [3.63, 3.8) is 0 Å². The first kappa shape index (κ1) is 10.8. The molecule has 1 amide bonds. The Labute approximate surface area is 95.4 Å². The second kappa shape index (κ2) is 4.88. The molecular weight excluding hydrogens is 204 g/mol. The van der Waals surface area contributed by atoms with Crippen molar-refractivity contribution < 1.29 is 9.53 Å². The lowest BCUT2D eigenvalue weighted by molar-refractivity contribution is 0.356. The summed E-state index contributed by atoms with van der Waals surface area (Å²) < 4.78 is 5.19. The molecule has 0 aliphatic carbocycles. The Morgan fingerprint density at radius 2 is 2.00 bits per heavy atom. The molecule has 4 heteroatoms. The molecule has 0 aromatic heterocycles. The van der Waals surface area contributed by atoms with Crippen LogP contribution in [0.1, 0.15) is 0 Å². The third kappa shape index (κ3) is 2.27. The van der Waals surface area contributed by atoms with Crippen molar-refractivity contribution in [3.8, 4) is 5.75 Å². The topological polar surface area (TPSA) is 32.8 Å². The highest BCUT2D eigenvalue weighted by molar-refractivity contribution is 5.53. The van der Waals surface area contributed by atoms with Gasteiger partial charge in [0, 0.05) is 37.9 Å². The Bertz CT molecular complexity index is 360. The zero-order valence-electron chi connectivity index (χ0n) is 9.35. The number of methoxy groups -OCH3 is 1. The average molecular weight is 219 g/mol. The van der Waals surface area contributed by atoms with Crippen LogP contribution in [0.2, 0.25) is 0 Å². The third-order valence-electron chi connectivity index (χ3n) is 2.83. The summed E-state index contributed by atoms with van der Waals surface area (Å²) in [5, 5.41) is 0. The molecule has 0 N–H and O–H groups in total. The highest BCUT2D eigenvalue weighted by atomic mass is 16.5. The van der Waals surface area contributed by atoms with Crippen molar-refractivity contribution >= 4 is 12.1 Å². The zero-order valence-corrected chi connectivity index (χ0v) is 9.35. The molecule has 0 unspecified atom stereocenters. The Hall–Kier alpha value is -1.71. The van der Waals surface area contributed by atoms with E-state index in [0.717, 1.165) is 37.6 Å². The van der Waals surface area contributed by atoms with E-state index < -0.39 is 0 Å². The predicted molar refractivity (Wildman–Crippen MR) is 62.5 cm³/mol. The molecule has 4 nitrogen and oxygen atoms in total. The van der Waals surface area contributed by atoms with Crippen molar-refractivity contribution in [1.29, 1.82) is 0 Å². The quantitative estimate of drug-likeness (QED) is 0.756. The van der Waals surface area contributed by atoms with Crippen molar-refractivity contribution in [3.05, 3.63) is 24.3 Å². The molecule has 16 heavy (non-hydrogen) atoms. The van der Waals surface area contributed by atoms with E-state index in [9.17, 15) is 4.79 Å². The minimum atomic E-state index is 0.737. The van der Waals surface area contributed by atoms with Crippen LogP contribution in [0.25, 0.3) is 0 Å². The average Bonchev–Trinajstić information content (AvgIpc) is 2.39. The molecule has 1 heterocycles. The molecule has 2 rings (SSSR count). The summed E-state index contributed by atoms with van der Waals surface area (Å²) in [5.41, 5.74) is 1.14. The molecule has 1 radical (unpaired) electrons. The lowest BCUT2D eigenvalue weighted by atomic mass is 10.2. The largest absolute Gasteiger partial charge is 0.497 e. The lowest BCUT2D eigenvalue weighted by Crippen LogP contribution is -2.45. The molecule has 1 aliphatic rings. The van der Waals surface area contributed by atoms with Crippen LogP contribution in [-0.4, -0.2) is 44.6 Å². The van der Waals surface area contributed by atoms with Crippen molar-refractivity contribution in [1.82, 2.24) is 4.90 Å². The van der Waals surface area contributed by atoms with Crippen molar-refractivity contribution in [2.24, 2.45) is 0 Å². The van der Waals surface area contributed by atoms with Gasteiger partial charge in [-0.25, -0.2) is 0 Å². The summed E-state index contributed by atoms with van der Waals surface area (Å²) in [6.45, 7) is 3.17. The number of benzene rings is 1. The highest BCUT2D eigenvalue weighted by Crippen LogP contribution is 2.21. The normalized spacial score (nSPS) is 16.1. The molecule has 1 fully saturated rings. The fourth-order valence-electron chi connectivity index (χ4n) is 1.86. The molecule has 85 valence electrons. The molecule has 0 bridgehead atoms. The van der Waals surface area contributed by atoms with Gasteiger partial charge in [0.05, 0.1) is 7.11 Å². The van der Waals surface area contributed by atoms with E-state index in [4.69, 9.17) is 4.74 Å².